The third kappa shape index (κ3) is 3.63. The monoisotopic (exact) mass is 306 g/mol. The van der Waals surface area contributed by atoms with E-state index in [0.29, 0.717) is 6.54 Å². The SMILES string of the molecule is OCC(NCc1ccc(Br)cn1)c1ccccc1. The number of benzene rings is 1. The molecule has 0 aliphatic carbocycles. The van der Waals surface area contributed by atoms with E-state index in [9.17, 15) is 5.11 Å². The van der Waals surface area contributed by atoms with Gasteiger partial charge in [-0.05, 0) is 33.6 Å². The molecule has 0 bridgehead atoms. The predicted molar refractivity (Wildman–Crippen MR) is 75.0 cm³/mol. The van der Waals surface area contributed by atoms with Gasteiger partial charge in [0.25, 0.3) is 0 Å². The molecule has 0 saturated carbocycles. The van der Waals surface area contributed by atoms with Crippen molar-refractivity contribution in [1.82, 2.24) is 10.3 Å². The molecule has 18 heavy (non-hydrogen) atoms. The number of hydrogen-bond acceptors (Lipinski definition) is 3. The first kappa shape index (κ1) is 13.2. The van der Waals surface area contributed by atoms with E-state index in [2.05, 4.69) is 26.2 Å². The number of nitrogens with zero attached hydrogens (tertiary/aromatic N) is 1. The Kier molecular flexibility index (Phi) is 4.87. The summed E-state index contributed by atoms with van der Waals surface area (Å²) in [5, 5.41) is 12.7. The Morgan fingerprint density at radius 1 is 1.17 bits per heavy atom. The minimum absolute atomic E-state index is 0.0587. The van der Waals surface area contributed by atoms with Gasteiger partial charge in [0, 0.05) is 17.2 Å². The van der Waals surface area contributed by atoms with Gasteiger partial charge >= 0.3 is 0 Å². The van der Waals surface area contributed by atoms with E-state index in [-0.39, 0.29) is 12.6 Å². The van der Waals surface area contributed by atoms with Gasteiger partial charge in [0.1, 0.15) is 0 Å². The lowest BCUT2D eigenvalue weighted by Gasteiger charge is -2.16. The van der Waals surface area contributed by atoms with Crippen LogP contribution in [0.2, 0.25) is 0 Å². The summed E-state index contributed by atoms with van der Waals surface area (Å²) in [6.45, 7) is 0.702. The van der Waals surface area contributed by atoms with E-state index in [4.69, 9.17) is 0 Å². The molecule has 0 fully saturated rings. The first-order valence-electron chi connectivity index (χ1n) is 5.79. The summed E-state index contributed by atoms with van der Waals surface area (Å²) in [7, 11) is 0. The number of aliphatic hydroxyl groups is 1. The Hall–Kier alpha value is -1.23. The van der Waals surface area contributed by atoms with Gasteiger partial charge in [-0.1, -0.05) is 30.3 Å². The van der Waals surface area contributed by atoms with Crippen molar-refractivity contribution in [3.8, 4) is 0 Å². The minimum atomic E-state index is -0.0587. The van der Waals surface area contributed by atoms with Gasteiger partial charge in [-0.3, -0.25) is 4.98 Å². The molecule has 0 aliphatic heterocycles. The molecular formula is C14H15BrN2O. The minimum Gasteiger partial charge on any atom is -0.394 e. The standard InChI is InChI=1S/C14H15BrN2O/c15-12-6-7-13(16-8-12)9-17-14(10-18)11-4-2-1-3-5-11/h1-8,14,17-18H,9-10H2. The molecule has 2 aromatic rings. The first-order chi connectivity index (χ1) is 8.79. The summed E-state index contributed by atoms with van der Waals surface area (Å²) in [6, 6.07) is 13.8. The van der Waals surface area contributed by atoms with Crippen molar-refractivity contribution >= 4 is 15.9 Å². The molecule has 1 aromatic carbocycles. The summed E-state index contributed by atoms with van der Waals surface area (Å²) < 4.78 is 0.966. The number of aliphatic hydroxyl groups excluding tert-OH is 1. The second-order valence-electron chi connectivity index (χ2n) is 3.99. The number of aromatic nitrogens is 1. The third-order valence-electron chi connectivity index (χ3n) is 2.70. The van der Waals surface area contributed by atoms with E-state index in [1.54, 1.807) is 6.20 Å². The molecule has 0 spiro atoms. The molecule has 1 atom stereocenters. The molecular weight excluding hydrogens is 292 g/mol. The second kappa shape index (κ2) is 6.64. The first-order valence-corrected chi connectivity index (χ1v) is 6.58. The van der Waals surface area contributed by atoms with E-state index in [1.165, 1.54) is 0 Å². The molecule has 2 rings (SSSR count). The summed E-state index contributed by atoms with van der Waals surface area (Å²) >= 11 is 3.35. The summed E-state index contributed by atoms with van der Waals surface area (Å²) in [5.74, 6) is 0. The van der Waals surface area contributed by atoms with Crippen LogP contribution in [0.15, 0.2) is 53.1 Å². The van der Waals surface area contributed by atoms with Crippen molar-refractivity contribution in [2.75, 3.05) is 6.61 Å². The zero-order valence-corrected chi connectivity index (χ0v) is 11.5. The number of hydrogen-bond donors (Lipinski definition) is 2. The van der Waals surface area contributed by atoms with Crippen molar-refractivity contribution in [2.45, 2.75) is 12.6 Å². The van der Waals surface area contributed by atoms with Crippen molar-refractivity contribution < 1.29 is 5.11 Å². The average Bonchev–Trinajstić information content (AvgIpc) is 2.43. The number of halogens is 1. The van der Waals surface area contributed by atoms with E-state index in [0.717, 1.165) is 15.7 Å². The zero-order valence-electron chi connectivity index (χ0n) is 9.88. The summed E-state index contributed by atoms with van der Waals surface area (Å²) in [6.07, 6.45) is 1.77. The topological polar surface area (TPSA) is 45.1 Å². The third-order valence-corrected chi connectivity index (χ3v) is 3.17. The Bertz CT molecular complexity index is 473. The zero-order chi connectivity index (χ0) is 12.8. The molecule has 4 heteroatoms. The Balaban J connectivity index is 1.97. The predicted octanol–water partition coefficient (Wildman–Crippen LogP) is 2.67. The van der Waals surface area contributed by atoms with Crippen molar-refractivity contribution in [3.05, 3.63) is 64.4 Å². The highest BCUT2D eigenvalue weighted by Gasteiger charge is 2.09. The van der Waals surface area contributed by atoms with Gasteiger partial charge in [0.15, 0.2) is 0 Å². The highest BCUT2D eigenvalue weighted by molar-refractivity contribution is 9.10. The van der Waals surface area contributed by atoms with Gasteiger partial charge in [-0.2, -0.15) is 0 Å². The van der Waals surface area contributed by atoms with Crippen LogP contribution in [0.3, 0.4) is 0 Å². The van der Waals surface area contributed by atoms with Gasteiger partial charge in [0.2, 0.25) is 0 Å². The highest BCUT2D eigenvalue weighted by Crippen LogP contribution is 2.13. The second-order valence-corrected chi connectivity index (χ2v) is 4.91. The smallest absolute Gasteiger partial charge is 0.0626 e. The number of rotatable bonds is 5. The van der Waals surface area contributed by atoms with Crippen molar-refractivity contribution in [2.24, 2.45) is 0 Å². The average molecular weight is 307 g/mol. The van der Waals surface area contributed by atoms with Crippen LogP contribution >= 0.6 is 15.9 Å². The van der Waals surface area contributed by atoms with Gasteiger partial charge in [-0.15, -0.1) is 0 Å². The van der Waals surface area contributed by atoms with Crippen LogP contribution in [0.1, 0.15) is 17.3 Å². The molecule has 94 valence electrons. The summed E-state index contributed by atoms with van der Waals surface area (Å²) in [4.78, 5) is 4.29. The molecule has 0 saturated heterocycles. The Morgan fingerprint density at radius 2 is 1.94 bits per heavy atom. The molecule has 0 radical (unpaired) electrons. The maximum absolute atomic E-state index is 9.41. The van der Waals surface area contributed by atoms with Gasteiger partial charge in [-0.25, -0.2) is 0 Å². The van der Waals surface area contributed by atoms with E-state index < -0.39 is 0 Å². The maximum Gasteiger partial charge on any atom is 0.0626 e. The quantitative estimate of drug-likeness (QED) is 0.892. The van der Waals surface area contributed by atoms with E-state index >= 15 is 0 Å². The molecule has 3 nitrogen and oxygen atoms in total. The normalized spacial score (nSPS) is 12.3. The van der Waals surface area contributed by atoms with Crippen molar-refractivity contribution in [1.29, 1.82) is 0 Å². The highest BCUT2D eigenvalue weighted by atomic mass is 79.9. The fourth-order valence-electron chi connectivity index (χ4n) is 1.71. The molecule has 1 heterocycles. The lowest BCUT2D eigenvalue weighted by molar-refractivity contribution is 0.243. The molecule has 1 aromatic heterocycles. The van der Waals surface area contributed by atoms with E-state index in [1.807, 2.05) is 42.5 Å². The lowest BCUT2D eigenvalue weighted by atomic mass is 10.1. The van der Waals surface area contributed by atoms with Gasteiger partial charge < -0.3 is 10.4 Å². The van der Waals surface area contributed by atoms with Crippen LogP contribution in [0.4, 0.5) is 0 Å². The van der Waals surface area contributed by atoms with Crippen LogP contribution in [-0.2, 0) is 6.54 Å². The molecule has 0 amide bonds. The van der Waals surface area contributed by atoms with Gasteiger partial charge in [0.05, 0.1) is 18.3 Å². The molecule has 0 aliphatic rings. The number of nitrogens with one attached hydrogen (secondary N) is 1. The van der Waals surface area contributed by atoms with Crippen LogP contribution in [0.5, 0.6) is 0 Å². The van der Waals surface area contributed by atoms with Crippen LogP contribution < -0.4 is 5.32 Å². The van der Waals surface area contributed by atoms with Crippen LogP contribution in [-0.4, -0.2) is 16.7 Å². The molecule has 1 unspecified atom stereocenters. The fraction of sp³-hybridized carbons (Fsp3) is 0.214. The summed E-state index contributed by atoms with van der Waals surface area (Å²) in [5.41, 5.74) is 2.03. The Labute approximate surface area is 115 Å². The lowest BCUT2D eigenvalue weighted by Crippen LogP contribution is -2.24. The largest absolute Gasteiger partial charge is 0.394 e. The van der Waals surface area contributed by atoms with Crippen LogP contribution in [0.25, 0.3) is 0 Å². The molecule has 2 N–H and O–H groups in total. The fourth-order valence-corrected chi connectivity index (χ4v) is 1.95. The van der Waals surface area contributed by atoms with Crippen LogP contribution in [0, 0.1) is 0 Å². The number of pyridine rings is 1. The van der Waals surface area contributed by atoms with Crippen molar-refractivity contribution in [3.63, 3.8) is 0 Å². The maximum atomic E-state index is 9.41. The Morgan fingerprint density at radius 3 is 2.56 bits per heavy atom.